The second-order valence-electron chi connectivity index (χ2n) is 8.49. The molecule has 2 aromatic rings. The molecule has 2 aromatic carbocycles. The number of nitrogens with one attached hydrogen (secondary N) is 2. The summed E-state index contributed by atoms with van der Waals surface area (Å²) < 4.78 is 10.8. The third-order valence-electron chi connectivity index (χ3n) is 6.28. The van der Waals surface area contributed by atoms with Crippen LogP contribution in [-0.2, 0) is 24.3 Å². The van der Waals surface area contributed by atoms with E-state index in [2.05, 4.69) is 18.2 Å². The number of amides is 1. The van der Waals surface area contributed by atoms with Crippen LogP contribution in [0.3, 0.4) is 0 Å². The lowest BCUT2D eigenvalue weighted by molar-refractivity contribution is -1.02. The Morgan fingerprint density at radius 1 is 1.03 bits per heavy atom. The van der Waals surface area contributed by atoms with E-state index in [1.54, 1.807) is 12.0 Å². The van der Waals surface area contributed by atoms with Gasteiger partial charge in [0.2, 0.25) is 0 Å². The van der Waals surface area contributed by atoms with Crippen molar-refractivity contribution in [2.24, 2.45) is 0 Å². The second kappa shape index (κ2) is 9.49. The number of benzene rings is 2. The highest BCUT2D eigenvalue weighted by atomic mass is 16.5. The molecule has 30 heavy (non-hydrogen) atoms. The highest BCUT2D eigenvalue weighted by Gasteiger charge is 2.26. The molecule has 0 atom stereocenters. The van der Waals surface area contributed by atoms with E-state index in [0.29, 0.717) is 13.1 Å². The first-order valence-corrected chi connectivity index (χ1v) is 10.9. The van der Waals surface area contributed by atoms with Crippen LogP contribution in [-0.4, -0.2) is 64.3 Å². The lowest BCUT2D eigenvalue weighted by atomic mass is 10.1. The minimum atomic E-state index is 0.211. The van der Waals surface area contributed by atoms with E-state index in [-0.39, 0.29) is 5.91 Å². The molecule has 0 spiro atoms. The van der Waals surface area contributed by atoms with Gasteiger partial charge in [-0.3, -0.25) is 4.79 Å². The molecule has 2 aliphatic rings. The standard InChI is InChI=1S/C24H31N3O3/c1-25(16-19-3-6-22(29-2)7-4-19)24(28)18-27-12-10-26(11-13-27)17-20-5-8-23-21(15-20)9-14-30-23/h3-8,15H,9-14,16-18H2,1-2H3/p+2. The van der Waals surface area contributed by atoms with E-state index in [4.69, 9.17) is 9.47 Å². The number of methoxy groups -OCH3 is 1. The third kappa shape index (κ3) is 5.12. The molecule has 0 unspecified atom stereocenters. The van der Waals surface area contributed by atoms with Gasteiger partial charge in [0.15, 0.2) is 6.54 Å². The smallest absolute Gasteiger partial charge is 0.277 e. The van der Waals surface area contributed by atoms with Crippen molar-refractivity contribution < 1.29 is 24.1 Å². The van der Waals surface area contributed by atoms with Crippen LogP contribution in [0.25, 0.3) is 0 Å². The highest BCUT2D eigenvalue weighted by molar-refractivity contribution is 5.76. The number of carbonyl (C=O) groups is 1. The Hall–Kier alpha value is -2.57. The maximum Gasteiger partial charge on any atom is 0.277 e. The normalized spacial score (nSPS) is 20.3. The quantitative estimate of drug-likeness (QED) is 0.650. The van der Waals surface area contributed by atoms with Crippen molar-refractivity contribution in [1.29, 1.82) is 0 Å². The molecule has 0 aliphatic carbocycles. The molecule has 6 heteroatoms. The lowest BCUT2D eigenvalue weighted by Crippen LogP contribution is -3.28. The molecular weight excluding hydrogens is 378 g/mol. The van der Waals surface area contributed by atoms with Crippen LogP contribution in [0.2, 0.25) is 0 Å². The number of fused-ring (bicyclic) bond motifs is 1. The van der Waals surface area contributed by atoms with Crippen molar-refractivity contribution in [1.82, 2.24) is 4.90 Å². The molecule has 2 aliphatic heterocycles. The fraction of sp³-hybridized carbons (Fsp3) is 0.458. The monoisotopic (exact) mass is 411 g/mol. The van der Waals surface area contributed by atoms with Crippen molar-refractivity contribution in [3.8, 4) is 11.5 Å². The molecule has 1 fully saturated rings. The van der Waals surface area contributed by atoms with Crippen molar-refractivity contribution in [3.63, 3.8) is 0 Å². The van der Waals surface area contributed by atoms with Crippen LogP contribution in [0.15, 0.2) is 42.5 Å². The summed E-state index contributed by atoms with van der Waals surface area (Å²) in [5.41, 5.74) is 3.87. The minimum absolute atomic E-state index is 0.211. The number of hydrogen-bond donors (Lipinski definition) is 2. The zero-order chi connectivity index (χ0) is 20.9. The van der Waals surface area contributed by atoms with Gasteiger partial charge in [-0.05, 0) is 41.5 Å². The number of rotatable bonds is 7. The van der Waals surface area contributed by atoms with Crippen LogP contribution >= 0.6 is 0 Å². The Kier molecular flexibility index (Phi) is 6.55. The van der Waals surface area contributed by atoms with Crippen molar-refractivity contribution in [2.75, 3.05) is 53.5 Å². The van der Waals surface area contributed by atoms with E-state index in [1.807, 2.05) is 36.2 Å². The maximum absolute atomic E-state index is 12.7. The molecular formula is C24H33N3O3+2. The number of likely N-dealkylation sites (N-methyl/N-ethyl adjacent to an activating group) is 1. The molecule has 1 amide bonds. The van der Waals surface area contributed by atoms with Gasteiger partial charge < -0.3 is 24.2 Å². The van der Waals surface area contributed by atoms with Crippen molar-refractivity contribution >= 4 is 5.91 Å². The van der Waals surface area contributed by atoms with Crippen LogP contribution in [0, 0.1) is 0 Å². The lowest BCUT2D eigenvalue weighted by Gasteiger charge is -2.30. The largest absolute Gasteiger partial charge is 0.497 e. The van der Waals surface area contributed by atoms with Gasteiger partial charge in [0.25, 0.3) is 5.91 Å². The van der Waals surface area contributed by atoms with Gasteiger partial charge in [-0.25, -0.2) is 0 Å². The Bertz CT molecular complexity index is 860. The summed E-state index contributed by atoms with van der Waals surface area (Å²) in [5.74, 6) is 2.11. The molecule has 160 valence electrons. The summed E-state index contributed by atoms with van der Waals surface area (Å²) >= 11 is 0. The number of hydrogen-bond acceptors (Lipinski definition) is 3. The fourth-order valence-corrected chi connectivity index (χ4v) is 4.39. The first-order valence-electron chi connectivity index (χ1n) is 10.9. The molecule has 0 radical (unpaired) electrons. The first kappa shape index (κ1) is 20.7. The van der Waals surface area contributed by atoms with Crippen molar-refractivity contribution in [3.05, 3.63) is 59.2 Å². The molecule has 4 rings (SSSR count). The van der Waals surface area contributed by atoms with Crippen LogP contribution in [0.1, 0.15) is 16.7 Å². The summed E-state index contributed by atoms with van der Waals surface area (Å²) in [6.45, 7) is 7.40. The minimum Gasteiger partial charge on any atom is -0.497 e. The number of carbonyl (C=O) groups excluding carboxylic acids is 1. The molecule has 2 heterocycles. The van der Waals surface area contributed by atoms with Crippen molar-refractivity contribution in [2.45, 2.75) is 19.5 Å². The van der Waals surface area contributed by atoms with E-state index in [0.717, 1.165) is 62.8 Å². The maximum atomic E-state index is 12.7. The van der Waals surface area contributed by atoms with Crippen LogP contribution in [0.5, 0.6) is 11.5 Å². The van der Waals surface area contributed by atoms with Gasteiger partial charge in [0.1, 0.15) is 44.2 Å². The zero-order valence-electron chi connectivity index (χ0n) is 18.1. The molecule has 0 aromatic heterocycles. The molecule has 6 nitrogen and oxygen atoms in total. The Balaban J connectivity index is 1.21. The van der Waals surface area contributed by atoms with Gasteiger partial charge in [-0.15, -0.1) is 0 Å². The summed E-state index contributed by atoms with van der Waals surface area (Å²) in [6.07, 6.45) is 1.03. The van der Waals surface area contributed by atoms with E-state index >= 15 is 0 Å². The molecule has 1 saturated heterocycles. The number of nitrogens with zero attached hydrogens (tertiary/aromatic N) is 1. The Morgan fingerprint density at radius 3 is 2.47 bits per heavy atom. The third-order valence-corrected chi connectivity index (χ3v) is 6.28. The molecule has 0 saturated carbocycles. The van der Waals surface area contributed by atoms with Gasteiger partial charge in [-0.2, -0.15) is 0 Å². The van der Waals surface area contributed by atoms with Gasteiger partial charge in [-0.1, -0.05) is 12.1 Å². The first-order chi connectivity index (χ1) is 14.6. The molecule has 2 N–H and O–H groups in total. The fourth-order valence-electron chi connectivity index (χ4n) is 4.39. The van der Waals surface area contributed by atoms with Gasteiger partial charge in [0.05, 0.1) is 13.7 Å². The second-order valence-corrected chi connectivity index (χ2v) is 8.49. The predicted molar refractivity (Wildman–Crippen MR) is 115 cm³/mol. The zero-order valence-corrected chi connectivity index (χ0v) is 18.1. The average molecular weight is 412 g/mol. The summed E-state index contributed by atoms with van der Waals surface area (Å²) in [7, 11) is 3.56. The van der Waals surface area contributed by atoms with E-state index in [9.17, 15) is 4.79 Å². The summed E-state index contributed by atoms with van der Waals surface area (Å²) in [6, 6.07) is 14.5. The topological polar surface area (TPSA) is 47.6 Å². The molecule has 0 bridgehead atoms. The van der Waals surface area contributed by atoms with Gasteiger partial charge >= 0.3 is 0 Å². The highest BCUT2D eigenvalue weighted by Crippen LogP contribution is 2.25. The van der Waals surface area contributed by atoms with Crippen LogP contribution in [0.4, 0.5) is 0 Å². The number of quaternary nitrogens is 2. The SMILES string of the molecule is COc1ccc(CN(C)C(=O)C[NH+]2CC[NH+](Cc3ccc4c(c3)CCO4)CC2)cc1. The Labute approximate surface area is 179 Å². The van der Waals surface area contributed by atoms with E-state index < -0.39 is 0 Å². The summed E-state index contributed by atoms with van der Waals surface area (Å²) in [5, 5.41) is 0. The van der Waals surface area contributed by atoms with Crippen LogP contribution < -0.4 is 19.3 Å². The van der Waals surface area contributed by atoms with E-state index in [1.165, 1.54) is 16.0 Å². The number of ether oxygens (including phenoxy) is 2. The Morgan fingerprint density at radius 2 is 1.73 bits per heavy atom. The predicted octanol–water partition coefficient (Wildman–Crippen LogP) is -0.428. The average Bonchev–Trinajstić information content (AvgIpc) is 3.23. The number of piperazine rings is 1. The summed E-state index contributed by atoms with van der Waals surface area (Å²) in [4.78, 5) is 17.5. The van der Waals surface area contributed by atoms with Gasteiger partial charge in [0, 0.05) is 25.6 Å².